The number of para-hydroxylation sites is 2. The predicted molar refractivity (Wildman–Crippen MR) is 99.7 cm³/mol. The number of rotatable bonds is 6. The number of aromatic nitrogens is 2. The van der Waals surface area contributed by atoms with E-state index in [1.165, 1.54) is 12.1 Å². The summed E-state index contributed by atoms with van der Waals surface area (Å²) < 4.78 is 5.33. The topological polar surface area (TPSA) is 96.4 Å². The minimum atomic E-state index is -0.960. The Labute approximate surface area is 150 Å². The monoisotopic (exact) mass is 350 g/mol. The van der Waals surface area contributed by atoms with E-state index in [9.17, 15) is 4.79 Å². The molecule has 3 aromatic rings. The standard InChI is InChI=1S/C19H18N4O3/c1-12-20-17(22-14-9-7-13(8-10-14)19(24)25)11-18(21-12)23-15-5-3-4-6-16(15)26-2/h3-11H,1-2H3,(H,24,25)(H2,20,21,22,23). The Morgan fingerprint density at radius 2 is 1.65 bits per heavy atom. The maximum absolute atomic E-state index is 10.9. The Balaban J connectivity index is 1.82. The highest BCUT2D eigenvalue weighted by atomic mass is 16.5. The molecule has 0 amide bonds. The summed E-state index contributed by atoms with van der Waals surface area (Å²) in [6.45, 7) is 1.80. The van der Waals surface area contributed by atoms with Crippen molar-refractivity contribution >= 4 is 29.0 Å². The quantitative estimate of drug-likeness (QED) is 0.619. The molecule has 0 spiro atoms. The van der Waals surface area contributed by atoms with Crippen molar-refractivity contribution in [1.29, 1.82) is 0 Å². The summed E-state index contributed by atoms with van der Waals surface area (Å²) in [6, 6.07) is 15.8. The van der Waals surface area contributed by atoms with E-state index >= 15 is 0 Å². The maximum Gasteiger partial charge on any atom is 0.335 e. The van der Waals surface area contributed by atoms with Gasteiger partial charge in [-0.2, -0.15) is 0 Å². The lowest BCUT2D eigenvalue weighted by molar-refractivity contribution is 0.0697. The minimum Gasteiger partial charge on any atom is -0.495 e. The first-order valence-corrected chi connectivity index (χ1v) is 7.91. The molecule has 0 saturated carbocycles. The number of anilines is 4. The van der Waals surface area contributed by atoms with Crippen LogP contribution in [0.2, 0.25) is 0 Å². The lowest BCUT2D eigenvalue weighted by Crippen LogP contribution is -2.02. The Bertz CT molecular complexity index is 926. The number of carboxylic acids is 1. The molecule has 0 aliphatic carbocycles. The van der Waals surface area contributed by atoms with Gasteiger partial charge in [-0.05, 0) is 43.3 Å². The summed E-state index contributed by atoms with van der Waals surface area (Å²) in [6.07, 6.45) is 0. The van der Waals surface area contributed by atoms with Crippen LogP contribution < -0.4 is 15.4 Å². The van der Waals surface area contributed by atoms with E-state index in [2.05, 4.69) is 20.6 Å². The molecular formula is C19H18N4O3. The number of hydrogen-bond acceptors (Lipinski definition) is 6. The van der Waals surface area contributed by atoms with Crippen LogP contribution >= 0.6 is 0 Å². The third-order valence-electron chi connectivity index (χ3n) is 3.61. The van der Waals surface area contributed by atoms with Crippen LogP contribution in [0.5, 0.6) is 5.75 Å². The number of nitrogens with zero attached hydrogens (tertiary/aromatic N) is 2. The summed E-state index contributed by atoms with van der Waals surface area (Å²) in [5.41, 5.74) is 1.76. The molecule has 26 heavy (non-hydrogen) atoms. The predicted octanol–water partition coefficient (Wildman–Crippen LogP) is 3.98. The van der Waals surface area contributed by atoms with Crippen molar-refractivity contribution in [3.8, 4) is 5.75 Å². The van der Waals surface area contributed by atoms with E-state index in [1.807, 2.05) is 24.3 Å². The number of ether oxygens (including phenoxy) is 1. The van der Waals surface area contributed by atoms with Gasteiger partial charge in [-0.3, -0.25) is 0 Å². The molecule has 1 heterocycles. The van der Waals surface area contributed by atoms with Crippen LogP contribution in [0, 0.1) is 6.92 Å². The van der Waals surface area contributed by atoms with Gasteiger partial charge in [0.2, 0.25) is 0 Å². The highest BCUT2D eigenvalue weighted by molar-refractivity contribution is 5.88. The van der Waals surface area contributed by atoms with E-state index < -0.39 is 5.97 Å². The van der Waals surface area contributed by atoms with Crippen molar-refractivity contribution in [2.75, 3.05) is 17.7 Å². The highest BCUT2D eigenvalue weighted by Crippen LogP contribution is 2.27. The maximum atomic E-state index is 10.9. The van der Waals surface area contributed by atoms with Crippen molar-refractivity contribution in [3.63, 3.8) is 0 Å². The third-order valence-corrected chi connectivity index (χ3v) is 3.61. The average Bonchev–Trinajstić information content (AvgIpc) is 2.62. The molecule has 3 rings (SSSR count). The smallest absolute Gasteiger partial charge is 0.335 e. The van der Waals surface area contributed by atoms with Crippen molar-refractivity contribution in [2.24, 2.45) is 0 Å². The zero-order chi connectivity index (χ0) is 18.5. The molecule has 0 atom stereocenters. The van der Waals surface area contributed by atoms with Gasteiger partial charge in [0.25, 0.3) is 0 Å². The van der Waals surface area contributed by atoms with Crippen LogP contribution in [0.15, 0.2) is 54.6 Å². The number of nitrogens with one attached hydrogen (secondary N) is 2. The van der Waals surface area contributed by atoms with E-state index in [-0.39, 0.29) is 5.56 Å². The second kappa shape index (κ2) is 7.52. The molecule has 3 N–H and O–H groups in total. The average molecular weight is 350 g/mol. The second-order valence-electron chi connectivity index (χ2n) is 5.52. The Morgan fingerprint density at radius 1 is 1.00 bits per heavy atom. The van der Waals surface area contributed by atoms with E-state index in [4.69, 9.17) is 9.84 Å². The second-order valence-corrected chi connectivity index (χ2v) is 5.52. The van der Waals surface area contributed by atoms with Crippen molar-refractivity contribution in [2.45, 2.75) is 6.92 Å². The number of carboxylic acid groups (broad SMARTS) is 1. The number of aryl methyl sites for hydroxylation is 1. The zero-order valence-corrected chi connectivity index (χ0v) is 14.4. The Kier molecular flexibility index (Phi) is 4.98. The summed E-state index contributed by atoms with van der Waals surface area (Å²) in [4.78, 5) is 19.7. The lowest BCUT2D eigenvalue weighted by Gasteiger charge is -2.12. The van der Waals surface area contributed by atoms with Crippen LogP contribution in [-0.2, 0) is 0 Å². The molecule has 0 aliphatic heterocycles. The zero-order valence-electron chi connectivity index (χ0n) is 14.4. The molecule has 0 radical (unpaired) electrons. The highest BCUT2D eigenvalue weighted by Gasteiger charge is 2.07. The number of benzene rings is 2. The molecule has 0 bridgehead atoms. The molecule has 2 aromatic carbocycles. The fourth-order valence-corrected chi connectivity index (χ4v) is 2.43. The summed E-state index contributed by atoms with van der Waals surface area (Å²) in [5, 5.41) is 15.3. The van der Waals surface area contributed by atoms with Crippen molar-refractivity contribution in [1.82, 2.24) is 9.97 Å². The largest absolute Gasteiger partial charge is 0.495 e. The van der Waals surface area contributed by atoms with Gasteiger partial charge in [0.1, 0.15) is 23.2 Å². The van der Waals surface area contributed by atoms with Crippen LogP contribution in [-0.4, -0.2) is 28.2 Å². The van der Waals surface area contributed by atoms with Gasteiger partial charge < -0.3 is 20.5 Å². The molecule has 0 unspecified atom stereocenters. The molecule has 0 fully saturated rings. The molecule has 7 heteroatoms. The lowest BCUT2D eigenvalue weighted by atomic mass is 10.2. The van der Waals surface area contributed by atoms with Gasteiger partial charge in [-0.1, -0.05) is 12.1 Å². The molecule has 132 valence electrons. The van der Waals surface area contributed by atoms with Gasteiger partial charge in [-0.25, -0.2) is 14.8 Å². The molecule has 0 saturated heterocycles. The SMILES string of the molecule is COc1ccccc1Nc1cc(Nc2ccc(C(=O)O)cc2)nc(C)n1. The molecular weight excluding hydrogens is 332 g/mol. The normalized spacial score (nSPS) is 10.2. The molecule has 0 aliphatic rings. The number of carbonyl (C=O) groups is 1. The number of aromatic carboxylic acids is 1. The van der Waals surface area contributed by atoms with E-state index in [0.29, 0.717) is 23.2 Å². The first kappa shape index (κ1) is 17.2. The third kappa shape index (κ3) is 4.07. The van der Waals surface area contributed by atoms with Crippen molar-refractivity contribution in [3.05, 3.63) is 66.0 Å². The Hall–Kier alpha value is -3.61. The number of hydrogen-bond donors (Lipinski definition) is 3. The van der Waals surface area contributed by atoms with Crippen LogP contribution in [0.25, 0.3) is 0 Å². The first-order valence-electron chi connectivity index (χ1n) is 7.91. The van der Waals surface area contributed by atoms with Crippen molar-refractivity contribution < 1.29 is 14.6 Å². The first-order chi connectivity index (χ1) is 12.5. The van der Waals surface area contributed by atoms with Gasteiger partial charge in [-0.15, -0.1) is 0 Å². The number of methoxy groups -OCH3 is 1. The fourth-order valence-electron chi connectivity index (χ4n) is 2.43. The van der Waals surface area contributed by atoms with Gasteiger partial charge in [0.05, 0.1) is 18.4 Å². The van der Waals surface area contributed by atoms with Crippen LogP contribution in [0.4, 0.5) is 23.0 Å². The van der Waals surface area contributed by atoms with Gasteiger partial charge >= 0.3 is 5.97 Å². The van der Waals surface area contributed by atoms with Gasteiger partial charge in [0.15, 0.2) is 0 Å². The van der Waals surface area contributed by atoms with Crippen LogP contribution in [0.3, 0.4) is 0 Å². The van der Waals surface area contributed by atoms with Gasteiger partial charge in [0, 0.05) is 11.8 Å². The fraction of sp³-hybridized carbons (Fsp3) is 0.105. The summed E-state index contributed by atoms with van der Waals surface area (Å²) >= 11 is 0. The Morgan fingerprint density at radius 3 is 2.31 bits per heavy atom. The molecule has 1 aromatic heterocycles. The molecule has 7 nitrogen and oxygen atoms in total. The van der Waals surface area contributed by atoms with E-state index in [0.717, 1.165) is 11.4 Å². The van der Waals surface area contributed by atoms with Crippen LogP contribution in [0.1, 0.15) is 16.2 Å². The van der Waals surface area contributed by atoms with E-state index in [1.54, 1.807) is 32.2 Å². The minimum absolute atomic E-state index is 0.230. The summed E-state index contributed by atoms with van der Waals surface area (Å²) in [7, 11) is 1.61. The summed E-state index contributed by atoms with van der Waals surface area (Å²) in [5.74, 6) is 1.56.